The van der Waals surface area contributed by atoms with Crippen LogP contribution in [-0.4, -0.2) is 53.2 Å². The molecule has 0 radical (unpaired) electrons. The van der Waals surface area contributed by atoms with Gasteiger partial charge in [-0.3, -0.25) is 4.79 Å². The largest absolute Gasteiger partial charge is 0.395 e. The number of aliphatic hydroxyl groups is 1. The fraction of sp³-hybridized carbons (Fsp3) is 0.900. The number of rotatable bonds is 8. The van der Waals surface area contributed by atoms with Crippen LogP contribution in [0.5, 0.6) is 0 Å². The van der Waals surface area contributed by atoms with Crippen LogP contribution >= 0.6 is 23.5 Å². The summed E-state index contributed by atoms with van der Waals surface area (Å²) >= 11 is 3.22. The van der Waals surface area contributed by atoms with Crippen molar-refractivity contribution < 1.29 is 9.90 Å². The third-order valence-electron chi connectivity index (χ3n) is 2.38. The lowest BCUT2D eigenvalue weighted by molar-refractivity contribution is -0.123. The average Bonchev–Trinajstić information content (AvgIpc) is 2.27. The number of thioether (sulfide) groups is 2. The highest BCUT2D eigenvalue weighted by molar-refractivity contribution is 7.99. The van der Waals surface area contributed by atoms with Crippen LogP contribution < -0.4 is 11.1 Å². The van der Waals surface area contributed by atoms with Crippen molar-refractivity contribution in [3.8, 4) is 0 Å². The lowest BCUT2D eigenvalue weighted by Crippen LogP contribution is -2.48. The Kier molecular flexibility index (Phi) is 9.21. The maximum Gasteiger partial charge on any atom is 0.237 e. The van der Waals surface area contributed by atoms with Gasteiger partial charge in [-0.05, 0) is 31.6 Å². The van der Waals surface area contributed by atoms with Crippen LogP contribution in [0.2, 0.25) is 0 Å². The first-order valence-electron chi connectivity index (χ1n) is 5.25. The Labute approximate surface area is 106 Å². The predicted molar refractivity (Wildman–Crippen MR) is 73.0 cm³/mol. The summed E-state index contributed by atoms with van der Waals surface area (Å²) in [5.41, 5.74) is 5.74. The molecule has 0 bridgehead atoms. The van der Waals surface area contributed by atoms with E-state index in [0.29, 0.717) is 6.42 Å². The highest BCUT2D eigenvalue weighted by Gasteiger charge is 2.20. The summed E-state index contributed by atoms with van der Waals surface area (Å²) in [6, 6.07) is -0.510. The van der Waals surface area contributed by atoms with E-state index in [9.17, 15) is 4.79 Å². The van der Waals surface area contributed by atoms with E-state index in [0.717, 1.165) is 5.75 Å². The first-order valence-corrected chi connectivity index (χ1v) is 7.93. The van der Waals surface area contributed by atoms with Crippen LogP contribution in [0.25, 0.3) is 0 Å². The Bertz CT molecular complexity index is 201. The molecule has 0 aliphatic carbocycles. The van der Waals surface area contributed by atoms with Crippen molar-refractivity contribution in [2.24, 2.45) is 5.73 Å². The molecule has 6 heteroatoms. The van der Waals surface area contributed by atoms with Gasteiger partial charge in [-0.25, -0.2) is 0 Å². The number of hydrogen-bond acceptors (Lipinski definition) is 5. The Morgan fingerprint density at radius 2 is 2.12 bits per heavy atom. The van der Waals surface area contributed by atoms with Gasteiger partial charge >= 0.3 is 0 Å². The summed E-state index contributed by atoms with van der Waals surface area (Å²) in [6.45, 7) is 1.94. The van der Waals surface area contributed by atoms with Crippen LogP contribution in [0, 0.1) is 0 Å². The predicted octanol–water partition coefficient (Wildman–Crippen LogP) is 0.295. The quantitative estimate of drug-likeness (QED) is 0.589. The van der Waals surface area contributed by atoms with Gasteiger partial charge in [0.1, 0.15) is 0 Å². The maximum absolute atomic E-state index is 11.7. The average molecular weight is 266 g/mol. The summed E-state index contributed by atoms with van der Waals surface area (Å²) < 4.78 is 0. The zero-order valence-corrected chi connectivity index (χ0v) is 11.7. The second-order valence-electron chi connectivity index (χ2n) is 3.64. The minimum atomic E-state index is -0.448. The molecule has 0 aliphatic rings. The zero-order valence-electron chi connectivity index (χ0n) is 10.1. The van der Waals surface area contributed by atoms with Crippen LogP contribution in [0.4, 0.5) is 0 Å². The zero-order chi connectivity index (χ0) is 12.6. The fourth-order valence-corrected chi connectivity index (χ4v) is 2.35. The van der Waals surface area contributed by atoms with Crippen LogP contribution in [0.3, 0.4) is 0 Å². The van der Waals surface area contributed by atoms with Gasteiger partial charge in [-0.1, -0.05) is 0 Å². The lowest BCUT2D eigenvalue weighted by atomic mass is 10.2. The van der Waals surface area contributed by atoms with Crippen molar-refractivity contribution in [2.45, 2.75) is 30.7 Å². The Hall–Kier alpha value is 0.0900. The van der Waals surface area contributed by atoms with Gasteiger partial charge in [0.2, 0.25) is 5.91 Å². The number of hydrogen-bond donors (Lipinski definition) is 3. The van der Waals surface area contributed by atoms with Gasteiger partial charge in [-0.15, -0.1) is 0 Å². The van der Waals surface area contributed by atoms with Crippen LogP contribution in [-0.2, 0) is 4.79 Å². The lowest BCUT2D eigenvalue weighted by Gasteiger charge is -2.23. The molecular formula is C10H22N2O2S2. The summed E-state index contributed by atoms with van der Waals surface area (Å²) in [6.07, 6.45) is 4.59. The van der Waals surface area contributed by atoms with E-state index in [1.54, 1.807) is 11.8 Å². The normalized spacial score (nSPS) is 16.6. The molecule has 0 aromatic heterocycles. The molecule has 1 amide bonds. The molecule has 4 N–H and O–H groups in total. The van der Waals surface area contributed by atoms with E-state index in [2.05, 4.69) is 5.32 Å². The molecule has 0 spiro atoms. The van der Waals surface area contributed by atoms with E-state index in [1.807, 2.05) is 19.4 Å². The summed E-state index contributed by atoms with van der Waals surface area (Å²) in [5, 5.41) is 11.9. The maximum atomic E-state index is 11.7. The van der Waals surface area contributed by atoms with E-state index in [1.165, 1.54) is 11.8 Å². The Balaban J connectivity index is 4.01. The smallest absolute Gasteiger partial charge is 0.237 e. The molecular weight excluding hydrogens is 244 g/mol. The van der Waals surface area contributed by atoms with E-state index >= 15 is 0 Å². The van der Waals surface area contributed by atoms with Crippen LogP contribution in [0.1, 0.15) is 13.3 Å². The molecule has 0 aromatic rings. The number of carbonyl (C=O) groups is 1. The summed E-state index contributed by atoms with van der Waals surface area (Å²) in [7, 11) is 0. The van der Waals surface area contributed by atoms with Crippen molar-refractivity contribution in [1.82, 2.24) is 5.32 Å². The van der Waals surface area contributed by atoms with Crippen molar-refractivity contribution in [2.75, 3.05) is 24.9 Å². The van der Waals surface area contributed by atoms with E-state index < -0.39 is 6.04 Å². The SMILES string of the molecule is CSCC[C@H](N)C(=O)NC(C)C(CO)SC. The Morgan fingerprint density at radius 3 is 2.56 bits per heavy atom. The summed E-state index contributed by atoms with van der Waals surface area (Å²) in [4.78, 5) is 11.7. The number of amides is 1. The minimum absolute atomic E-state index is 0.0247. The number of nitrogens with two attached hydrogens (primary N) is 1. The third kappa shape index (κ3) is 5.98. The molecule has 16 heavy (non-hydrogen) atoms. The van der Waals surface area contributed by atoms with Crippen molar-refractivity contribution in [3.05, 3.63) is 0 Å². The summed E-state index contributed by atoms with van der Waals surface area (Å²) in [5.74, 6) is 0.753. The molecule has 96 valence electrons. The molecule has 3 atom stereocenters. The topological polar surface area (TPSA) is 75.4 Å². The Morgan fingerprint density at radius 1 is 1.50 bits per heavy atom. The monoisotopic (exact) mass is 266 g/mol. The molecule has 0 aliphatic heterocycles. The fourth-order valence-electron chi connectivity index (χ4n) is 1.24. The van der Waals surface area contributed by atoms with Gasteiger partial charge < -0.3 is 16.2 Å². The van der Waals surface area contributed by atoms with Crippen molar-refractivity contribution in [1.29, 1.82) is 0 Å². The molecule has 0 saturated carbocycles. The number of aliphatic hydroxyl groups excluding tert-OH is 1. The third-order valence-corrected chi connectivity index (χ3v) is 4.19. The van der Waals surface area contributed by atoms with Gasteiger partial charge in [0.25, 0.3) is 0 Å². The molecule has 0 heterocycles. The van der Waals surface area contributed by atoms with E-state index in [4.69, 9.17) is 10.8 Å². The second kappa shape index (κ2) is 9.15. The first-order chi connectivity index (χ1) is 7.56. The highest BCUT2D eigenvalue weighted by atomic mass is 32.2. The van der Waals surface area contributed by atoms with E-state index in [-0.39, 0.29) is 23.8 Å². The minimum Gasteiger partial charge on any atom is -0.395 e. The van der Waals surface area contributed by atoms with Crippen molar-refractivity contribution in [3.63, 3.8) is 0 Å². The molecule has 2 unspecified atom stereocenters. The number of carbonyl (C=O) groups excluding carboxylic acids is 1. The van der Waals surface area contributed by atoms with Crippen molar-refractivity contribution >= 4 is 29.4 Å². The molecule has 0 rings (SSSR count). The van der Waals surface area contributed by atoms with Gasteiger partial charge in [0.05, 0.1) is 12.6 Å². The highest BCUT2D eigenvalue weighted by Crippen LogP contribution is 2.10. The molecule has 0 aromatic carbocycles. The second-order valence-corrected chi connectivity index (χ2v) is 5.70. The first kappa shape index (κ1) is 16.1. The standard InChI is InChI=1S/C10H22N2O2S2/c1-7(9(6-13)16-3)12-10(14)8(11)4-5-15-2/h7-9,13H,4-6,11H2,1-3H3,(H,12,14)/t7?,8-,9?/m0/s1. The molecule has 0 saturated heterocycles. The molecule has 4 nitrogen and oxygen atoms in total. The van der Waals surface area contributed by atoms with Gasteiger partial charge in [-0.2, -0.15) is 23.5 Å². The number of nitrogens with one attached hydrogen (secondary N) is 1. The van der Waals surface area contributed by atoms with Gasteiger partial charge in [0, 0.05) is 11.3 Å². The molecule has 0 fully saturated rings. The van der Waals surface area contributed by atoms with Crippen LogP contribution in [0.15, 0.2) is 0 Å². The van der Waals surface area contributed by atoms with Gasteiger partial charge in [0.15, 0.2) is 0 Å².